The van der Waals surface area contributed by atoms with E-state index in [0.717, 1.165) is 29.7 Å². The van der Waals surface area contributed by atoms with E-state index in [9.17, 15) is 4.39 Å². The SMILES string of the molecule is NC(=S)N/N=C1/CCc2cc(F)ccc21. The number of hydrazone groups is 1. The molecule has 0 heterocycles. The zero-order valence-electron chi connectivity index (χ0n) is 7.96. The van der Waals surface area contributed by atoms with Gasteiger partial charge in [0.05, 0.1) is 5.71 Å². The Kier molecular flexibility index (Phi) is 2.64. The van der Waals surface area contributed by atoms with E-state index >= 15 is 0 Å². The predicted molar refractivity (Wildman–Crippen MR) is 61.2 cm³/mol. The summed E-state index contributed by atoms with van der Waals surface area (Å²) in [5, 5.41) is 4.21. The molecule has 0 fully saturated rings. The van der Waals surface area contributed by atoms with E-state index in [-0.39, 0.29) is 10.9 Å². The lowest BCUT2D eigenvalue weighted by Gasteiger charge is -2.01. The Labute approximate surface area is 92.2 Å². The van der Waals surface area contributed by atoms with Crippen LogP contribution in [-0.4, -0.2) is 10.8 Å². The van der Waals surface area contributed by atoms with Gasteiger partial charge in [0.2, 0.25) is 0 Å². The first-order chi connectivity index (χ1) is 7.16. The topological polar surface area (TPSA) is 50.4 Å². The van der Waals surface area contributed by atoms with Crippen LogP contribution in [0.5, 0.6) is 0 Å². The second-order valence-corrected chi connectivity index (χ2v) is 3.78. The molecule has 0 atom stereocenters. The van der Waals surface area contributed by atoms with Crippen molar-refractivity contribution < 1.29 is 4.39 Å². The number of nitrogens with one attached hydrogen (secondary N) is 1. The van der Waals surface area contributed by atoms with Crippen molar-refractivity contribution >= 4 is 23.0 Å². The number of hydrogen-bond donors (Lipinski definition) is 2. The third kappa shape index (κ3) is 2.12. The zero-order valence-corrected chi connectivity index (χ0v) is 8.77. The van der Waals surface area contributed by atoms with Crippen molar-refractivity contribution in [1.82, 2.24) is 5.43 Å². The fourth-order valence-electron chi connectivity index (χ4n) is 1.68. The molecule has 0 saturated heterocycles. The summed E-state index contributed by atoms with van der Waals surface area (Å²) in [5.74, 6) is -0.211. The van der Waals surface area contributed by atoms with Crippen LogP contribution in [0, 0.1) is 5.82 Å². The van der Waals surface area contributed by atoms with Crippen LogP contribution in [0.15, 0.2) is 23.3 Å². The average Bonchev–Trinajstić information content (AvgIpc) is 2.57. The lowest BCUT2D eigenvalue weighted by atomic mass is 10.1. The number of benzene rings is 1. The lowest BCUT2D eigenvalue weighted by Crippen LogP contribution is -2.25. The van der Waals surface area contributed by atoms with Gasteiger partial charge in [0, 0.05) is 5.56 Å². The number of rotatable bonds is 1. The van der Waals surface area contributed by atoms with Gasteiger partial charge in [-0.15, -0.1) is 0 Å². The summed E-state index contributed by atoms with van der Waals surface area (Å²) in [6, 6.07) is 4.71. The molecule has 3 N–H and O–H groups in total. The van der Waals surface area contributed by atoms with Crippen LogP contribution < -0.4 is 11.2 Å². The second kappa shape index (κ2) is 3.94. The van der Waals surface area contributed by atoms with Gasteiger partial charge in [-0.25, -0.2) is 4.39 Å². The van der Waals surface area contributed by atoms with Crippen molar-refractivity contribution in [3.63, 3.8) is 0 Å². The van der Waals surface area contributed by atoms with E-state index < -0.39 is 0 Å². The summed E-state index contributed by atoms with van der Waals surface area (Å²) in [5.41, 5.74) is 10.6. The molecule has 0 saturated carbocycles. The van der Waals surface area contributed by atoms with Crippen LogP contribution in [0.2, 0.25) is 0 Å². The van der Waals surface area contributed by atoms with E-state index in [1.807, 2.05) is 0 Å². The molecule has 0 bridgehead atoms. The van der Waals surface area contributed by atoms with Gasteiger partial charge in [-0.3, -0.25) is 5.43 Å². The van der Waals surface area contributed by atoms with E-state index in [1.165, 1.54) is 6.07 Å². The van der Waals surface area contributed by atoms with Gasteiger partial charge in [0.25, 0.3) is 0 Å². The summed E-state index contributed by atoms with van der Waals surface area (Å²) >= 11 is 4.65. The standard InChI is InChI=1S/C10H10FN3S/c11-7-2-3-8-6(5-7)1-4-9(8)13-14-10(12)15/h2-3,5H,1,4H2,(H3,12,14,15)/b13-9-. The number of hydrogen-bond acceptors (Lipinski definition) is 2. The molecule has 2 rings (SSSR count). The van der Waals surface area contributed by atoms with E-state index in [1.54, 1.807) is 12.1 Å². The molecular weight excluding hydrogens is 213 g/mol. The molecule has 0 aromatic heterocycles. The van der Waals surface area contributed by atoms with E-state index in [4.69, 9.17) is 5.73 Å². The van der Waals surface area contributed by atoms with Crippen molar-refractivity contribution in [2.45, 2.75) is 12.8 Å². The molecule has 0 amide bonds. The Morgan fingerprint density at radius 2 is 2.27 bits per heavy atom. The number of aryl methyl sites for hydroxylation is 1. The number of nitrogens with two attached hydrogens (primary N) is 1. The maximum Gasteiger partial charge on any atom is 0.184 e. The van der Waals surface area contributed by atoms with Crippen molar-refractivity contribution in [2.24, 2.45) is 10.8 Å². The quantitative estimate of drug-likeness (QED) is 0.557. The van der Waals surface area contributed by atoms with Crippen molar-refractivity contribution in [3.05, 3.63) is 35.1 Å². The first-order valence-electron chi connectivity index (χ1n) is 4.57. The molecule has 78 valence electrons. The minimum Gasteiger partial charge on any atom is -0.375 e. The Morgan fingerprint density at radius 3 is 3.00 bits per heavy atom. The van der Waals surface area contributed by atoms with Gasteiger partial charge in [-0.1, -0.05) is 0 Å². The van der Waals surface area contributed by atoms with Crippen molar-refractivity contribution in [3.8, 4) is 0 Å². The van der Waals surface area contributed by atoms with E-state index in [2.05, 4.69) is 22.7 Å². The Balaban J connectivity index is 2.28. The highest BCUT2D eigenvalue weighted by molar-refractivity contribution is 7.80. The molecule has 1 aliphatic rings. The summed E-state index contributed by atoms with van der Waals surface area (Å²) in [6.07, 6.45) is 1.60. The number of fused-ring (bicyclic) bond motifs is 1. The first-order valence-corrected chi connectivity index (χ1v) is 4.98. The summed E-state index contributed by atoms with van der Waals surface area (Å²) < 4.78 is 12.9. The fraction of sp³-hybridized carbons (Fsp3) is 0.200. The minimum atomic E-state index is -0.211. The highest BCUT2D eigenvalue weighted by Crippen LogP contribution is 2.22. The summed E-state index contributed by atoms with van der Waals surface area (Å²) in [4.78, 5) is 0. The van der Waals surface area contributed by atoms with Crippen LogP contribution in [0.4, 0.5) is 4.39 Å². The average molecular weight is 223 g/mol. The largest absolute Gasteiger partial charge is 0.375 e. The Bertz CT molecular complexity index is 442. The zero-order chi connectivity index (χ0) is 10.8. The van der Waals surface area contributed by atoms with Crippen LogP contribution >= 0.6 is 12.2 Å². The maximum atomic E-state index is 12.9. The molecule has 0 unspecified atom stereocenters. The highest BCUT2D eigenvalue weighted by Gasteiger charge is 2.17. The molecule has 1 aromatic carbocycles. The Hall–Kier alpha value is -1.49. The summed E-state index contributed by atoms with van der Waals surface area (Å²) in [7, 11) is 0. The molecule has 0 spiro atoms. The number of halogens is 1. The fourth-order valence-corrected chi connectivity index (χ4v) is 1.72. The third-order valence-corrected chi connectivity index (χ3v) is 2.40. The third-order valence-electron chi connectivity index (χ3n) is 2.31. The molecule has 0 aliphatic heterocycles. The van der Waals surface area contributed by atoms with Gasteiger partial charge in [0.1, 0.15) is 5.82 Å². The van der Waals surface area contributed by atoms with Gasteiger partial charge < -0.3 is 5.73 Å². The summed E-state index contributed by atoms with van der Waals surface area (Å²) in [6.45, 7) is 0. The lowest BCUT2D eigenvalue weighted by molar-refractivity contribution is 0.626. The monoisotopic (exact) mass is 223 g/mol. The van der Waals surface area contributed by atoms with Gasteiger partial charge in [-0.05, 0) is 48.8 Å². The smallest absolute Gasteiger partial charge is 0.184 e. The minimum absolute atomic E-state index is 0.137. The maximum absolute atomic E-state index is 12.9. The Morgan fingerprint density at radius 1 is 1.47 bits per heavy atom. The normalized spacial score (nSPS) is 16.5. The molecule has 1 aliphatic carbocycles. The number of thiocarbonyl (C=S) groups is 1. The second-order valence-electron chi connectivity index (χ2n) is 3.34. The van der Waals surface area contributed by atoms with Gasteiger partial charge in [0.15, 0.2) is 5.11 Å². The highest BCUT2D eigenvalue weighted by atomic mass is 32.1. The van der Waals surface area contributed by atoms with Crippen LogP contribution in [0.1, 0.15) is 17.5 Å². The van der Waals surface area contributed by atoms with Gasteiger partial charge in [-0.2, -0.15) is 5.10 Å². The molecule has 15 heavy (non-hydrogen) atoms. The first kappa shape index (κ1) is 10.0. The van der Waals surface area contributed by atoms with E-state index in [0.29, 0.717) is 0 Å². The van der Waals surface area contributed by atoms with Crippen molar-refractivity contribution in [2.75, 3.05) is 0 Å². The van der Waals surface area contributed by atoms with Crippen LogP contribution in [-0.2, 0) is 6.42 Å². The van der Waals surface area contributed by atoms with Crippen LogP contribution in [0.3, 0.4) is 0 Å². The van der Waals surface area contributed by atoms with Gasteiger partial charge >= 0.3 is 0 Å². The van der Waals surface area contributed by atoms with Crippen molar-refractivity contribution in [1.29, 1.82) is 0 Å². The number of nitrogens with zero attached hydrogens (tertiary/aromatic N) is 1. The molecule has 1 aromatic rings. The molecule has 3 nitrogen and oxygen atoms in total. The molecule has 5 heteroatoms. The van der Waals surface area contributed by atoms with Crippen LogP contribution in [0.25, 0.3) is 0 Å². The molecular formula is C10H10FN3S. The molecule has 0 radical (unpaired) electrons. The predicted octanol–water partition coefficient (Wildman–Crippen LogP) is 1.31.